The number of primary sulfonamides is 1. The molecule has 0 spiro atoms. The molecule has 1 aromatic carbocycles. The zero-order valence-electron chi connectivity index (χ0n) is 23.1. The molecule has 3 saturated heterocycles. The Morgan fingerprint density at radius 3 is 2.60 bits per heavy atom. The van der Waals surface area contributed by atoms with Gasteiger partial charge in [-0.2, -0.15) is 5.26 Å². The number of nitrogens with zero attached hydrogens (tertiary/aromatic N) is 4. The lowest BCUT2D eigenvalue weighted by Gasteiger charge is -2.39. The molecular formula is C27H36N6O6S. The normalized spacial score (nSPS) is 29.1. The fraction of sp³-hybridized carbons (Fsp3) is 0.630. The molecule has 0 radical (unpaired) electrons. The van der Waals surface area contributed by atoms with Gasteiger partial charge in [0, 0.05) is 25.2 Å². The van der Waals surface area contributed by atoms with Crippen LogP contribution in [0.4, 0.5) is 4.79 Å². The van der Waals surface area contributed by atoms with Gasteiger partial charge >= 0.3 is 6.09 Å². The van der Waals surface area contributed by atoms with Crippen LogP contribution >= 0.6 is 0 Å². The van der Waals surface area contributed by atoms with Gasteiger partial charge < -0.3 is 19.9 Å². The van der Waals surface area contributed by atoms with E-state index < -0.39 is 39.8 Å². The van der Waals surface area contributed by atoms with Crippen LogP contribution < -0.4 is 10.5 Å². The van der Waals surface area contributed by atoms with Crippen LogP contribution in [0.3, 0.4) is 0 Å². The Morgan fingerprint density at radius 1 is 1.25 bits per heavy atom. The second kappa shape index (κ2) is 10.0. The highest BCUT2D eigenvalue weighted by Crippen LogP contribution is 2.48. The monoisotopic (exact) mass is 572 g/mol. The number of benzene rings is 1. The molecule has 0 unspecified atom stereocenters. The summed E-state index contributed by atoms with van der Waals surface area (Å²) in [6, 6.07) is 6.00. The van der Waals surface area contributed by atoms with E-state index in [1.54, 1.807) is 42.7 Å². The lowest BCUT2D eigenvalue weighted by atomic mass is 10.1. The maximum Gasteiger partial charge on any atom is 0.408 e. The molecule has 4 fully saturated rings. The molecule has 5 rings (SSSR count). The van der Waals surface area contributed by atoms with E-state index in [9.17, 15) is 28.1 Å². The van der Waals surface area contributed by atoms with Crippen molar-refractivity contribution >= 4 is 27.9 Å². The Morgan fingerprint density at radius 2 is 1.98 bits per heavy atom. The molecule has 7 atom stereocenters. The van der Waals surface area contributed by atoms with Gasteiger partial charge in [0.1, 0.15) is 17.7 Å². The number of amides is 3. The Bertz CT molecular complexity index is 1370. The van der Waals surface area contributed by atoms with Crippen molar-refractivity contribution in [2.45, 2.75) is 93.7 Å². The van der Waals surface area contributed by atoms with Crippen molar-refractivity contribution in [2.75, 3.05) is 13.1 Å². The number of ether oxygens (including phenoxy) is 1. The van der Waals surface area contributed by atoms with Crippen LogP contribution in [0.2, 0.25) is 0 Å². The molecule has 40 heavy (non-hydrogen) atoms. The van der Waals surface area contributed by atoms with Crippen LogP contribution in [-0.2, 0) is 24.3 Å². The van der Waals surface area contributed by atoms with Crippen LogP contribution in [0.1, 0.15) is 58.6 Å². The summed E-state index contributed by atoms with van der Waals surface area (Å²) in [5.74, 6) is -0.128. The average Bonchev–Trinajstić information content (AvgIpc) is 3.18. The fourth-order valence-electron chi connectivity index (χ4n) is 6.45. The maximum absolute atomic E-state index is 13.7. The number of nitriles is 1. The number of likely N-dealkylation sites (tertiary alicyclic amines) is 3. The number of fused-ring (bicyclic) bond motifs is 3. The maximum atomic E-state index is 13.7. The van der Waals surface area contributed by atoms with Crippen LogP contribution in [0, 0.1) is 17.2 Å². The van der Waals surface area contributed by atoms with Gasteiger partial charge in [0.05, 0.1) is 23.0 Å². The molecule has 3 amide bonds. The third-order valence-electron chi connectivity index (χ3n) is 8.31. The van der Waals surface area contributed by atoms with Crippen molar-refractivity contribution in [1.29, 1.82) is 5.26 Å². The lowest BCUT2D eigenvalue weighted by molar-refractivity contribution is -0.141. The lowest BCUT2D eigenvalue weighted by Crippen LogP contribution is -2.59. The molecule has 1 aliphatic carbocycles. The quantitative estimate of drug-likeness (QED) is 0.490. The van der Waals surface area contributed by atoms with E-state index in [4.69, 9.17) is 9.88 Å². The second-order valence-corrected chi connectivity index (χ2v) is 13.8. The number of alkyl carbamates (subject to hydrolysis) is 1. The van der Waals surface area contributed by atoms with Crippen LogP contribution in [-0.4, -0.2) is 89.9 Å². The topological polar surface area (TPSA) is 166 Å². The highest BCUT2D eigenvalue weighted by molar-refractivity contribution is 7.89. The molecule has 3 heterocycles. The Hall–Kier alpha value is -3.21. The van der Waals surface area contributed by atoms with E-state index >= 15 is 0 Å². The molecule has 3 aliphatic heterocycles. The number of carbonyl (C=O) groups excluding carboxylic acids is 3. The van der Waals surface area contributed by atoms with Gasteiger partial charge in [0.25, 0.3) is 0 Å². The zero-order valence-corrected chi connectivity index (χ0v) is 23.9. The summed E-state index contributed by atoms with van der Waals surface area (Å²) in [4.78, 5) is 45.2. The van der Waals surface area contributed by atoms with Gasteiger partial charge in [-0.05, 0) is 70.6 Å². The van der Waals surface area contributed by atoms with Crippen LogP contribution in [0.5, 0.6) is 0 Å². The summed E-state index contributed by atoms with van der Waals surface area (Å²) in [6.45, 7) is 7.65. The predicted molar refractivity (Wildman–Crippen MR) is 143 cm³/mol. The highest BCUT2D eigenvalue weighted by atomic mass is 32.2. The van der Waals surface area contributed by atoms with Gasteiger partial charge in [-0.25, -0.2) is 18.4 Å². The third-order valence-corrected chi connectivity index (χ3v) is 9.23. The summed E-state index contributed by atoms with van der Waals surface area (Å²) in [6.07, 6.45) is 1.32. The van der Waals surface area contributed by atoms with Crippen molar-refractivity contribution in [3.8, 4) is 6.07 Å². The third kappa shape index (κ3) is 5.40. The van der Waals surface area contributed by atoms with Gasteiger partial charge in [-0.15, -0.1) is 0 Å². The number of nitrogens with two attached hydrogens (primary N) is 1. The number of nitrogens with one attached hydrogen (secondary N) is 1. The van der Waals surface area contributed by atoms with Crippen molar-refractivity contribution in [3.05, 3.63) is 29.8 Å². The number of rotatable bonds is 7. The molecule has 216 valence electrons. The minimum atomic E-state index is -3.88. The van der Waals surface area contributed by atoms with E-state index in [1.165, 1.54) is 12.1 Å². The van der Waals surface area contributed by atoms with Gasteiger partial charge in [-0.1, -0.05) is 12.1 Å². The van der Waals surface area contributed by atoms with E-state index in [1.807, 2.05) is 11.8 Å². The summed E-state index contributed by atoms with van der Waals surface area (Å²) < 4.78 is 29.1. The smallest absolute Gasteiger partial charge is 0.408 e. The minimum Gasteiger partial charge on any atom is -0.444 e. The molecule has 2 bridgehead atoms. The second-order valence-electron chi connectivity index (χ2n) is 12.3. The molecule has 13 heteroatoms. The highest BCUT2D eigenvalue weighted by Gasteiger charge is 2.56. The zero-order chi connectivity index (χ0) is 29.1. The van der Waals surface area contributed by atoms with Crippen molar-refractivity contribution in [3.63, 3.8) is 0 Å². The van der Waals surface area contributed by atoms with Gasteiger partial charge in [0.2, 0.25) is 21.8 Å². The van der Waals surface area contributed by atoms with Crippen molar-refractivity contribution in [1.82, 2.24) is 20.0 Å². The number of piperidine rings is 1. The fourth-order valence-corrected chi connectivity index (χ4v) is 7.02. The van der Waals surface area contributed by atoms with Gasteiger partial charge in [0.15, 0.2) is 0 Å². The molecule has 1 aromatic rings. The van der Waals surface area contributed by atoms with E-state index in [-0.39, 0.29) is 41.4 Å². The average molecular weight is 573 g/mol. The Balaban J connectivity index is 1.32. The van der Waals surface area contributed by atoms with Crippen molar-refractivity contribution < 1.29 is 27.5 Å². The van der Waals surface area contributed by atoms with Gasteiger partial charge in [-0.3, -0.25) is 14.5 Å². The van der Waals surface area contributed by atoms with E-state index in [2.05, 4.69) is 11.4 Å². The number of sulfonamides is 1. The number of piperazine rings is 1. The first kappa shape index (κ1) is 28.3. The summed E-state index contributed by atoms with van der Waals surface area (Å²) in [5, 5.41) is 17.6. The number of hydrogen-bond donors (Lipinski definition) is 2. The Kier molecular flexibility index (Phi) is 7.09. The largest absolute Gasteiger partial charge is 0.444 e. The molecule has 12 nitrogen and oxygen atoms in total. The summed E-state index contributed by atoms with van der Waals surface area (Å²) in [7, 11) is -3.88. The SMILES string of the molecule is C[C@@H](c1cccc(S(N)(=O)=O)c1)N1C(=O)[C@H]2C[C@@H]1CN2C[C@H](NC(=O)OC(C)(C)C)C(=O)N1[C@H](C#N)C[C@@H]2C[C@@H]21. The molecular weight excluding hydrogens is 536 g/mol. The van der Waals surface area contributed by atoms with Crippen molar-refractivity contribution in [2.24, 2.45) is 11.1 Å². The van der Waals surface area contributed by atoms with E-state index in [0.29, 0.717) is 30.9 Å². The molecule has 0 aromatic heterocycles. The number of carbonyl (C=O) groups is 3. The first-order valence-corrected chi connectivity index (χ1v) is 15.1. The Labute approximate surface area is 234 Å². The molecule has 4 aliphatic rings. The predicted octanol–water partition coefficient (Wildman–Crippen LogP) is 1.09. The minimum absolute atomic E-state index is 0.0136. The summed E-state index contributed by atoms with van der Waals surface area (Å²) >= 11 is 0. The summed E-state index contributed by atoms with van der Waals surface area (Å²) in [5.41, 5.74) is -0.101. The van der Waals surface area contributed by atoms with E-state index in [0.717, 1.165) is 6.42 Å². The van der Waals surface area contributed by atoms with Crippen LogP contribution in [0.25, 0.3) is 0 Å². The first-order valence-electron chi connectivity index (χ1n) is 13.6. The number of hydrogen-bond acceptors (Lipinski definition) is 8. The first-order chi connectivity index (χ1) is 18.7. The standard InChI is InChI=1S/C27H36N6O6S/c1-15(16-6-5-7-20(9-16)40(29,37)38)32-19-11-23(25(32)35)31(13-19)14-21(30-26(36)39-27(2,3)4)24(34)33-18(12-28)8-17-10-22(17)33/h5-7,9,15,17-19,21-23H,8,10-11,13-14H2,1-4H3,(H,30,36)(H2,29,37,38)/t15-,17+,18-,19+,21-,22-,23+/m0/s1. The molecule has 1 saturated carbocycles. The van der Waals surface area contributed by atoms with Crippen LogP contribution in [0.15, 0.2) is 29.2 Å². The molecule has 3 N–H and O–H groups in total.